The molecule has 1 aliphatic heterocycles. The summed E-state index contributed by atoms with van der Waals surface area (Å²) in [6.07, 6.45) is 1.69. The van der Waals surface area contributed by atoms with E-state index in [2.05, 4.69) is 0 Å². The predicted molar refractivity (Wildman–Crippen MR) is 86.3 cm³/mol. The predicted octanol–water partition coefficient (Wildman–Crippen LogP) is 2.70. The van der Waals surface area contributed by atoms with Gasteiger partial charge in [-0.1, -0.05) is 12.1 Å². The Labute approximate surface area is 135 Å². The van der Waals surface area contributed by atoms with Gasteiger partial charge in [0.2, 0.25) is 0 Å². The molecule has 2 amide bonds. The molecule has 0 radical (unpaired) electrons. The summed E-state index contributed by atoms with van der Waals surface area (Å²) in [6, 6.07) is 9.20. The molecule has 0 atom stereocenters. The summed E-state index contributed by atoms with van der Waals surface area (Å²) < 4.78 is 5.38. The molecule has 1 aromatic carbocycles. The second-order valence-corrected chi connectivity index (χ2v) is 5.03. The normalized spacial score (nSPS) is 16.8. The lowest BCUT2D eigenvalue weighted by Crippen LogP contribution is -2.42. The maximum atomic E-state index is 12.5. The van der Waals surface area contributed by atoms with Gasteiger partial charge < -0.3 is 4.74 Å². The number of nitrogens with zero attached hydrogens (tertiary/aromatic N) is 2. The molecule has 5 nitrogen and oxygen atoms in total. The number of benzene rings is 1. The van der Waals surface area contributed by atoms with Crippen LogP contribution in [0.3, 0.4) is 0 Å². The van der Waals surface area contributed by atoms with Crippen molar-refractivity contribution < 1.29 is 14.3 Å². The zero-order valence-electron chi connectivity index (χ0n) is 13.4. The molecular weight excluding hydrogens is 292 g/mol. The third kappa shape index (κ3) is 3.16. The number of carbonyl (C=O) groups excluding carboxylic acids is 2. The number of hydrogen-bond donors (Lipinski definition) is 0. The Morgan fingerprint density at radius 2 is 1.83 bits per heavy atom. The minimum absolute atomic E-state index is 0.0173. The molecule has 0 aromatic heterocycles. The van der Waals surface area contributed by atoms with E-state index in [0.29, 0.717) is 17.8 Å². The number of carbonyl (C=O) groups is 2. The van der Waals surface area contributed by atoms with Gasteiger partial charge in [-0.3, -0.25) is 14.5 Å². The molecule has 1 aliphatic rings. The first-order valence-corrected chi connectivity index (χ1v) is 7.45. The van der Waals surface area contributed by atoms with Crippen LogP contribution >= 0.6 is 0 Å². The fourth-order valence-corrected chi connectivity index (χ4v) is 2.41. The van der Waals surface area contributed by atoms with Crippen LogP contribution in [0.15, 0.2) is 41.0 Å². The maximum Gasteiger partial charge on any atom is 0.271 e. The Morgan fingerprint density at radius 1 is 1.17 bits per heavy atom. The maximum absolute atomic E-state index is 12.5. The minimum atomic E-state index is -0.527. The third-order valence-corrected chi connectivity index (χ3v) is 3.64. The van der Waals surface area contributed by atoms with Crippen molar-refractivity contribution in [1.82, 2.24) is 4.90 Å². The van der Waals surface area contributed by atoms with Crippen molar-refractivity contribution in [2.45, 2.75) is 20.8 Å². The van der Waals surface area contributed by atoms with E-state index in [-0.39, 0.29) is 18.0 Å². The van der Waals surface area contributed by atoms with E-state index < -0.39 is 5.91 Å². The summed E-state index contributed by atoms with van der Waals surface area (Å²) in [6.45, 7) is 6.06. The average Bonchev–Trinajstić information content (AvgIpc) is 2.54. The van der Waals surface area contributed by atoms with Crippen LogP contribution in [0.2, 0.25) is 0 Å². The summed E-state index contributed by atoms with van der Waals surface area (Å²) in [4.78, 5) is 25.7. The number of ether oxygens (including phenoxy) is 1. The van der Waals surface area contributed by atoms with Crippen LogP contribution in [0.1, 0.15) is 26.3 Å². The zero-order valence-corrected chi connectivity index (χ0v) is 13.4. The number of rotatable bonds is 4. The van der Waals surface area contributed by atoms with Gasteiger partial charge in [-0.2, -0.15) is 5.26 Å². The highest BCUT2D eigenvalue weighted by Crippen LogP contribution is 2.27. The quantitative estimate of drug-likeness (QED) is 0.633. The molecule has 0 saturated heterocycles. The third-order valence-electron chi connectivity index (χ3n) is 3.64. The molecule has 23 heavy (non-hydrogen) atoms. The molecule has 118 valence electrons. The Balaban J connectivity index is 2.47. The van der Waals surface area contributed by atoms with Crippen molar-refractivity contribution in [1.29, 1.82) is 5.26 Å². The molecule has 1 aromatic rings. The van der Waals surface area contributed by atoms with Crippen LogP contribution in [0, 0.1) is 11.3 Å². The van der Waals surface area contributed by atoms with E-state index in [1.807, 2.05) is 37.3 Å². The Morgan fingerprint density at radius 3 is 2.35 bits per heavy atom. The fraction of sp³-hybridized carbons (Fsp3) is 0.278. The van der Waals surface area contributed by atoms with Gasteiger partial charge in [0, 0.05) is 12.1 Å². The SMILES string of the molecule is CCOc1ccc(/C=C2/C(=O)N(CC)C(=O)C(C#N)=C2C)cc1. The molecule has 0 spiro atoms. The van der Waals surface area contributed by atoms with Gasteiger partial charge in [0.1, 0.15) is 17.4 Å². The van der Waals surface area contributed by atoms with E-state index >= 15 is 0 Å². The zero-order chi connectivity index (χ0) is 17.0. The standard InChI is InChI=1S/C18H18N2O3/c1-4-20-17(21)15(12(3)16(11-19)18(20)22)10-13-6-8-14(9-7-13)23-5-2/h6-10H,4-5H2,1-3H3/b15-10+. The lowest BCUT2D eigenvalue weighted by Gasteiger charge is -2.26. The van der Waals surface area contributed by atoms with E-state index in [1.165, 1.54) is 0 Å². The fourth-order valence-electron chi connectivity index (χ4n) is 2.41. The molecular formula is C18H18N2O3. The van der Waals surface area contributed by atoms with Crippen LogP contribution in [-0.2, 0) is 9.59 Å². The van der Waals surface area contributed by atoms with Crippen LogP contribution in [-0.4, -0.2) is 29.9 Å². The molecule has 0 aliphatic carbocycles. The van der Waals surface area contributed by atoms with Crippen molar-refractivity contribution in [3.63, 3.8) is 0 Å². The summed E-state index contributed by atoms with van der Waals surface area (Å²) >= 11 is 0. The van der Waals surface area contributed by atoms with Gasteiger partial charge in [-0.25, -0.2) is 0 Å². The molecule has 5 heteroatoms. The van der Waals surface area contributed by atoms with Crippen molar-refractivity contribution in [3.8, 4) is 11.8 Å². The highest BCUT2D eigenvalue weighted by Gasteiger charge is 2.34. The number of nitriles is 1. The van der Waals surface area contributed by atoms with Gasteiger partial charge in [0.25, 0.3) is 11.8 Å². The van der Waals surface area contributed by atoms with Gasteiger partial charge >= 0.3 is 0 Å². The smallest absolute Gasteiger partial charge is 0.271 e. The monoisotopic (exact) mass is 310 g/mol. The Bertz CT molecular complexity index is 737. The van der Waals surface area contributed by atoms with Gasteiger partial charge in [-0.05, 0) is 50.1 Å². The summed E-state index contributed by atoms with van der Waals surface area (Å²) in [5.74, 6) is -0.149. The lowest BCUT2D eigenvalue weighted by molar-refractivity contribution is -0.140. The van der Waals surface area contributed by atoms with E-state index in [1.54, 1.807) is 19.9 Å². The minimum Gasteiger partial charge on any atom is -0.494 e. The van der Waals surface area contributed by atoms with E-state index in [0.717, 1.165) is 16.2 Å². The molecule has 2 rings (SSSR count). The number of amides is 2. The highest BCUT2D eigenvalue weighted by molar-refractivity contribution is 6.19. The number of likely N-dealkylation sites (N-methyl/N-ethyl adjacent to an activating group) is 1. The van der Waals surface area contributed by atoms with Crippen molar-refractivity contribution in [3.05, 3.63) is 46.5 Å². The van der Waals surface area contributed by atoms with Crippen molar-refractivity contribution in [2.24, 2.45) is 0 Å². The summed E-state index contributed by atoms with van der Waals surface area (Å²) in [7, 11) is 0. The number of hydrogen-bond acceptors (Lipinski definition) is 4. The lowest BCUT2D eigenvalue weighted by atomic mass is 9.94. The first-order valence-electron chi connectivity index (χ1n) is 7.45. The van der Waals surface area contributed by atoms with E-state index in [4.69, 9.17) is 4.74 Å². The van der Waals surface area contributed by atoms with Gasteiger partial charge in [-0.15, -0.1) is 0 Å². The molecule has 0 bridgehead atoms. The molecule has 1 heterocycles. The largest absolute Gasteiger partial charge is 0.494 e. The van der Waals surface area contributed by atoms with Crippen LogP contribution in [0.4, 0.5) is 0 Å². The van der Waals surface area contributed by atoms with Crippen molar-refractivity contribution >= 4 is 17.9 Å². The molecule has 0 N–H and O–H groups in total. The molecule has 0 unspecified atom stereocenters. The van der Waals surface area contributed by atoms with Crippen molar-refractivity contribution in [2.75, 3.05) is 13.2 Å². The summed E-state index contributed by atoms with van der Waals surface area (Å²) in [5, 5.41) is 9.20. The Kier molecular flexibility index (Phi) is 4.97. The van der Waals surface area contributed by atoms with Crippen LogP contribution in [0.5, 0.6) is 5.75 Å². The number of imide groups is 1. The van der Waals surface area contributed by atoms with Crippen LogP contribution in [0.25, 0.3) is 6.08 Å². The Hall–Kier alpha value is -2.87. The first-order chi connectivity index (χ1) is 11.0. The van der Waals surface area contributed by atoms with Crippen LogP contribution < -0.4 is 4.74 Å². The topological polar surface area (TPSA) is 70.4 Å². The molecule has 0 fully saturated rings. The van der Waals surface area contributed by atoms with Gasteiger partial charge in [0.15, 0.2) is 0 Å². The highest BCUT2D eigenvalue weighted by atomic mass is 16.5. The van der Waals surface area contributed by atoms with E-state index in [9.17, 15) is 14.9 Å². The summed E-state index contributed by atoms with van der Waals surface area (Å²) in [5.41, 5.74) is 1.61. The second-order valence-electron chi connectivity index (χ2n) is 5.03. The average molecular weight is 310 g/mol. The second kappa shape index (κ2) is 6.93. The molecule has 0 saturated carbocycles. The first kappa shape index (κ1) is 16.5. The van der Waals surface area contributed by atoms with Gasteiger partial charge in [0.05, 0.1) is 6.61 Å².